The van der Waals surface area contributed by atoms with Gasteiger partial charge in [-0.1, -0.05) is 12.1 Å². The second-order valence-electron chi connectivity index (χ2n) is 5.97. The van der Waals surface area contributed by atoms with Crippen LogP contribution in [-0.4, -0.2) is 54.9 Å². The fourth-order valence-corrected chi connectivity index (χ4v) is 2.89. The van der Waals surface area contributed by atoms with E-state index in [1.165, 1.54) is 6.26 Å². The summed E-state index contributed by atoms with van der Waals surface area (Å²) in [5.74, 6) is 1.11. The summed E-state index contributed by atoms with van der Waals surface area (Å²) < 4.78 is 5.19. The highest BCUT2D eigenvalue weighted by molar-refractivity contribution is 14.0. The number of aliphatic imine (C=N–C) groups is 1. The molecule has 1 fully saturated rings. The summed E-state index contributed by atoms with van der Waals surface area (Å²) in [5, 5.41) is 12.2. The van der Waals surface area contributed by atoms with Gasteiger partial charge < -0.3 is 19.5 Å². The normalized spacial score (nSPS) is 14.3. The third-order valence-electron chi connectivity index (χ3n) is 4.34. The van der Waals surface area contributed by atoms with Gasteiger partial charge >= 0.3 is 0 Å². The van der Waals surface area contributed by atoms with Gasteiger partial charge in [-0.3, -0.25) is 9.79 Å². The van der Waals surface area contributed by atoms with Crippen molar-refractivity contribution in [2.75, 3.05) is 33.2 Å². The largest absolute Gasteiger partial charge is 0.459 e. The fourth-order valence-electron chi connectivity index (χ4n) is 2.89. The van der Waals surface area contributed by atoms with Crippen molar-refractivity contribution >= 4 is 35.8 Å². The topological polar surface area (TPSA) is 84.9 Å². The van der Waals surface area contributed by atoms with Gasteiger partial charge in [0.2, 0.25) is 0 Å². The second kappa shape index (κ2) is 9.97. The number of nitrogens with one attached hydrogen (secondary N) is 1. The summed E-state index contributed by atoms with van der Waals surface area (Å²) in [6.07, 6.45) is 1.51. The van der Waals surface area contributed by atoms with Crippen molar-refractivity contribution in [2.24, 2.45) is 4.99 Å². The molecule has 27 heavy (non-hydrogen) atoms. The van der Waals surface area contributed by atoms with Crippen LogP contribution in [0.5, 0.6) is 0 Å². The van der Waals surface area contributed by atoms with E-state index in [9.17, 15) is 4.79 Å². The summed E-state index contributed by atoms with van der Waals surface area (Å²) in [4.78, 5) is 20.6. The summed E-state index contributed by atoms with van der Waals surface area (Å²) >= 11 is 0. The molecular weight excluding hydrogens is 457 g/mol. The Morgan fingerprint density at radius 3 is 2.41 bits per heavy atom. The number of benzene rings is 1. The number of nitriles is 1. The zero-order valence-corrected chi connectivity index (χ0v) is 17.4. The van der Waals surface area contributed by atoms with Crippen molar-refractivity contribution in [3.8, 4) is 6.07 Å². The molecule has 8 heteroatoms. The summed E-state index contributed by atoms with van der Waals surface area (Å²) in [5.41, 5.74) is 1.73. The first kappa shape index (κ1) is 20.8. The average Bonchev–Trinajstić information content (AvgIpc) is 3.24. The Morgan fingerprint density at radius 2 is 1.85 bits per heavy atom. The van der Waals surface area contributed by atoms with Crippen molar-refractivity contribution in [1.29, 1.82) is 5.26 Å². The molecule has 142 valence electrons. The van der Waals surface area contributed by atoms with Crippen LogP contribution in [0.2, 0.25) is 0 Å². The number of hydrogen-bond acceptors (Lipinski definition) is 4. The Balaban J connectivity index is 0.00000261. The molecule has 1 saturated heterocycles. The quantitative estimate of drug-likeness (QED) is 0.415. The Bertz CT molecular complexity index is 804. The molecule has 1 aliphatic heterocycles. The first-order chi connectivity index (χ1) is 12.7. The van der Waals surface area contributed by atoms with Crippen LogP contribution in [0, 0.1) is 11.3 Å². The number of hydrogen-bond donors (Lipinski definition) is 1. The Kier molecular flexibility index (Phi) is 7.67. The van der Waals surface area contributed by atoms with Crippen molar-refractivity contribution < 1.29 is 9.21 Å². The molecule has 1 amide bonds. The van der Waals surface area contributed by atoms with Gasteiger partial charge in [-0.15, -0.1) is 24.0 Å². The van der Waals surface area contributed by atoms with Crippen molar-refractivity contribution in [3.05, 3.63) is 59.5 Å². The first-order valence-electron chi connectivity index (χ1n) is 8.48. The van der Waals surface area contributed by atoms with Crippen LogP contribution < -0.4 is 5.32 Å². The molecule has 1 aromatic carbocycles. The average molecular weight is 479 g/mol. The molecule has 0 aliphatic carbocycles. The number of piperazine rings is 1. The molecule has 0 saturated carbocycles. The highest BCUT2D eigenvalue weighted by Gasteiger charge is 2.25. The van der Waals surface area contributed by atoms with Gasteiger partial charge in [-0.2, -0.15) is 5.26 Å². The van der Waals surface area contributed by atoms with Crippen LogP contribution in [-0.2, 0) is 6.54 Å². The van der Waals surface area contributed by atoms with Crippen LogP contribution in [0.3, 0.4) is 0 Å². The first-order valence-corrected chi connectivity index (χ1v) is 8.48. The van der Waals surface area contributed by atoms with Crippen molar-refractivity contribution in [1.82, 2.24) is 15.1 Å². The lowest BCUT2D eigenvalue weighted by molar-refractivity contribution is 0.0657. The lowest BCUT2D eigenvalue weighted by Crippen LogP contribution is -2.53. The van der Waals surface area contributed by atoms with E-state index in [1.54, 1.807) is 36.2 Å². The van der Waals surface area contributed by atoms with Crippen molar-refractivity contribution in [2.45, 2.75) is 6.54 Å². The van der Waals surface area contributed by atoms with Gasteiger partial charge in [0.25, 0.3) is 5.91 Å². The number of rotatable bonds is 3. The molecule has 0 spiro atoms. The van der Waals surface area contributed by atoms with Gasteiger partial charge in [0.1, 0.15) is 0 Å². The third kappa shape index (κ3) is 5.23. The maximum atomic E-state index is 12.3. The molecule has 1 aromatic heterocycles. The standard InChI is InChI=1S/C19H21N5O2.HI/c1-21-19(22-14-16-6-4-15(13-20)5-7-16)24-10-8-23(9-11-24)18(25)17-3-2-12-26-17;/h2-7,12H,8-11,14H2,1H3,(H,21,22);1H. The molecular formula is C19H22IN5O2. The zero-order chi connectivity index (χ0) is 18.4. The smallest absolute Gasteiger partial charge is 0.289 e. The van der Waals surface area contributed by atoms with Crippen LogP contribution >= 0.6 is 24.0 Å². The number of carbonyl (C=O) groups excluding carboxylic acids is 1. The van der Waals surface area contributed by atoms with Crippen LogP contribution in [0.15, 0.2) is 52.1 Å². The predicted octanol–water partition coefficient (Wildman–Crippen LogP) is 2.30. The van der Waals surface area contributed by atoms with E-state index in [2.05, 4.69) is 21.3 Å². The number of nitrogens with zero attached hydrogens (tertiary/aromatic N) is 4. The predicted molar refractivity (Wildman–Crippen MR) is 113 cm³/mol. The SMILES string of the molecule is CN=C(NCc1ccc(C#N)cc1)N1CCN(C(=O)c2ccco2)CC1.I. The van der Waals surface area contributed by atoms with Crippen LogP contribution in [0.25, 0.3) is 0 Å². The maximum absolute atomic E-state index is 12.3. The van der Waals surface area contributed by atoms with Gasteiger partial charge in [0.05, 0.1) is 17.9 Å². The molecule has 2 aromatic rings. The minimum atomic E-state index is -0.0739. The number of halogens is 1. The highest BCUT2D eigenvalue weighted by atomic mass is 127. The molecule has 1 aliphatic rings. The molecule has 3 rings (SSSR count). The minimum absolute atomic E-state index is 0. The van der Waals surface area contributed by atoms with Crippen LogP contribution in [0.4, 0.5) is 0 Å². The number of furan rings is 1. The Labute approximate surface area is 175 Å². The number of amides is 1. The molecule has 2 heterocycles. The van der Waals surface area contributed by atoms with E-state index in [0.717, 1.165) is 11.5 Å². The molecule has 1 N–H and O–H groups in total. The number of carbonyl (C=O) groups is 1. The van der Waals surface area contributed by atoms with Gasteiger partial charge in [0, 0.05) is 39.8 Å². The Hall–Kier alpha value is -2.54. The molecule has 0 atom stereocenters. The van der Waals surface area contributed by atoms with E-state index in [1.807, 2.05) is 12.1 Å². The maximum Gasteiger partial charge on any atom is 0.289 e. The number of guanidine groups is 1. The highest BCUT2D eigenvalue weighted by Crippen LogP contribution is 2.10. The van der Waals surface area contributed by atoms with Gasteiger partial charge in [-0.05, 0) is 29.8 Å². The molecule has 0 unspecified atom stereocenters. The molecule has 0 bridgehead atoms. The van der Waals surface area contributed by atoms with E-state index < -0.39 is 0 Å². The summed E-state index contributed by atoms with van der Waals surface area (Å²) in [6, 6.07) is 13.0. The van der Waals surface area contributed by atoms with E-state index in [4.69, 9.17) is 9.68 Å². The van der Waals surface area contributed by atoms with E-state index in [-0.39, 0.29) is 29.9 Å². The Morgan fingerprint density at radius 1 is 1.19 bits per heavy atom. The molecule has 7 nitrogen and oxygen atoms in total. The third-order valence-corrected chi connectivity index (χ3v) is 4.34. The van der Waals surface area contributed by atoms with Crippen molar-refractivity contribution in [3.63, 3.8) is 0 Å². The van der Waals surface area contributed by atoms with E-state index in [0.29, 0.717) is 44.0 Å². The summed E-state index contributed by atoms with van der Waals surface area (Å²) in [6.45, 7) is 3.29. The second-order valence-corrected chi connectivity index (χ2v) is 5.97. The van der Waals surface area contributed by atoms with E-state index >= 15 is 0 Å². The zero-order valence-electron chi connectivity index (χ0n) is 15.1. The lowest BCUT2D eigenvalue weighted by atomic mass is 10.1. The fraction of sp³-hybridized carbons (Fsp3) is 0.316. The lowest BCUT2D eigenvalue weighted by Gasteiger charge is -2.36. The van der Waals surface area contributed by atoms with Crippen LogP contribution in [0.1, 0.15) is 21.7 Å². The summed E-state index contributed by atoms with van der Waals surface area (Å²) in [7, 11) is 1.75. The molecule has 0 radical (unpaired) electrons. The minimum Gasteiger partial charge on any atom is -0.459 e. The van der Waals surface area contributed by atoms with Gasteiger partial charge in [0.15, 0.2) is 11.7 Å². The monoisotopic (exact) mass is 479 g/mol. The van der Waals surface area contributed by atoms with Gasteiger partial charge in [-0.25, -0.2) is 0 Å².